The Morgan fingerprint density at radius 3 is 2.88 bits per heavy atom. The molecule has 0 spiro atoms. The molecular formula is C11H10FNO4. The summed E-state index contributed by atoms with van der Waals surface area (Å²) < 4.78 is 17.6. The molecule has 0 N–H and O–H groups in total. The Bertz CT molecular complexity index is 459. The van der Waals surface area contributed by atoms with Gasteiger partial charge in [-0.05, 0) is 12.1 Å². The summed E-state index contributed by atoms with van der Waals surface area (Å²) in [4.78, 5) is 21.2. The zero-order valence-electron chi connectivity index (χ0n) is 8.89. The number of esters is 1. The van der Waals surface area contributed by atoms with Gasteiger partial charge in [-0.2, -0.15) is 0 Å². The van der Waals surface area contributed by atoms with Gasteiger partial charge in [-0.3, -0.25) is 14.9 Å². The van der Waals surface area contributed by atoms with Crippen LogP contribution in [0, 0.1) is 15.9 Å². The second kappa shape index (κ2) is 5.74. The van der Waals surface area contributed by atoms with E-state index < -0.39 is 16.7 Å². The predicted octanol–water partition coefficient (Wildman–Crippen LogP) is 2.01. The number of carbonyl (C=O) groups excluding carboxylic acids is 1. The minimum absolute atomic E-state index is 0.0101. The lowest BCUT2D eigenvalue weighted by Gasteiger charge is -2.03. The fourth-order valence-corrected chi connectivity index (χ4v) is 1.23. The van der Waals surface area contributed by atoms with Gasteiger partial charge in [0.05, 0.1) is 11.3 Å². The Labute approximate surface area is 96.7 Å². The molecule has 0 amide bonds. The molecule has 17 heavy (non-hydrogen) atoms. The maximum atomic E-state index is 12.9. The molecule has 0 radical (unpaired) electrons. The molecule has 90 valence electrons. The highest BCUT2D eigenvalue weighted by Crippen LogP contribution is 2.20. The van der Waals surface area contributed by atoms with Crippen molar-refractivity contribution in [2.75, 3.05) is 6.61 Å². The molecule has 0 atom stereocenters. The van der Waals surface area contributed by atoms with Gasteiger partial charge in [-0.25, -0.2) is 4.39 Å². The monoisotopic (exact) mass is 239 g/mol. The Kier molecular flexibility index (Phi) is 4.33. The first-order valence-electron chi connectivity index (χ1n) is 4.74. The first-order valence-corrected chi connectivity index (χ1v) is 4.74. The summed E-state index contributed by atoms with van der Waals surface area (Å²) in [6.07, 6.45) is 1.03. The van der Waals surface area contributed by atoms with Crippen LogP contribution in [-0.2, 0) is 16.0 Å². The second-order valence-corrected chi connectivity index (χ2v) is 3.18. The summed E-state index contributed by atoms with van der Waals surface area (Å²) >= 11 is 0. The van der Waals surface area contributed by atoms with Crippen molar-refractivity contribution in [2.45, 2.75) is 6.42 Å². The van der Waals surface area contributed by atoms with Crippen LogP contribution >= 0.6 is 0 Å². The lowest BCUT2D eigenvalue weighted by molar-refractivity contribution is -0.385. The van der Waals surface area contributed by atoms with E-state index in [0.717, 1.165) is 18.2 Å². The van der Waals surface area contributed by atoms with E-state index in [4.69, 9.17) is 0 Å². The average molecular weight is 239 g/mol. The molecule has 0 bridgehead atoms. The summed E-state index contributed by atoms with van der Waals surface area (Å²) in [6, 6.07) is 2.94. The van der Waals surface area contributed by atoms with Crippen LogP contribution in [-0.4, -0.2) is 17.5 Å². The Balaban J connectivity index is 2.88. The number of hydrogen-bond donors (Lipinski definition) is 0. The number of carbonyl (C=O) groups is 1. The standard InChI is InChI=1S/C11H10FNO4/c1-2-5-17-11(14)7-8-6-9(12)3-4-10(8)13(15)16/h2-4,6H,1,5,7H2. The van der Waals surface area contributed by atoms with Gasteiger partial charge in [-0.15, -0.1) is 0 Å². The van der Waals surface area contributed by atoms with Crippen molar-refractivity contribution in [2.24, 2.45) is 0 Å². The van der Waals surface area contributed by atoms with Crippen molar-refractivity contribution in [3.8, 4) is 0 Å². The minimum atomic E-state index is -0.671. The predicted molar refractivity (Wildman–Crippen MR) is 57.9 cm³/mol. The van der Waals surface area contributed by atoms with E-state index in [1.165, 1.54) is 6.08 Å². The maximum Gasteiger partial charge on any atom is 0.310 e. The third-order valence-electron chi connectivity index (χ3n) is 1.94. The lowest BCUT2D eigenvalue weighted by Crippen LogP contribution is -2.09. The maximum absolute atomic E-state index is 12.9. The van der Waals surface area contributed by atoms with Gasteiger partial charge in [0.25, 0.3) is 5.69 Å². The van der Waals surface area contributed by atoms with Gasteiger partial charge < -0.3 is 4.74 Å². The number of rotatable bonds is 5. The lowest BCUT2D eigenvalue weighted by atomic mass is 10.1. The normalized spacial score (nSPS) is 9.71. The molecule has 6 heteroatoms. The number of nitro benzene ring substituents is 1. The van der Waals surface area contributed by atoms with E-state index in [1.54, 1.807) is 0 Å². The van der Waals surface area contributed by atoms with Crippen molar-refractivity contribution >= 4 is 11.7 Å². The third kappa shape index (κ3) is 3.67. The molecule has 0 heterocycles. The minimum Gasteiger partial charge on any atom is -0.461 e. The summed E-state index contributed by atoms with van der Waals surface area (Å²) in [5.41, 5.74) is -0.314. The molecule has 1 rings (SSSR count). The van der Waals surface area contributed by atoms with Gasteiger partial charge in [0.2, 0.25) is 0 Å². The van der Waals surface area contributed by atoms with Gasteiger partial charge in [0.1, 0.15) is 12.4 Å². The topological polar surface area (TPSA) is 69.4 Å². The van der Waals surface area contributed by atoms with Crippen LogP contribution in [0.4, 0.5) is 10.1 Å². The number of ether oxygens (including phenoxy) is 1. The molecule has 5 nitrogen and oxygen atoms in total. The number of halogens is 1. The highest BCUT2D eigenvalue weighted by molar-refractivity contribution is 5.74. The van der Waals surface area contributed by atoms with Gasteiger partial charge in [-0.1, -0.05) is 12.7 Å². The van der Waals surface area contributed by atoms with Gasteiger partial charge in [0.15, 0.2) is 0 Å². The Hall–Kier alpha value is -2.24. The van der Waals surface area contributed by atoms with Crippen LogP contribution in [0.3, 0.4) is 0 Å². The van der Waals surface area contributed by atoms with Crippen molar-refractivity contribution in [3.05, 3.63) is 52.3 Å². The molecule has 0 saturated carbocycles. The van der Waals surface area contributed by atoms with E-state index >= 15 is 0 Å². The fourth-order valence-electron chi connectivity index (χ4n) is 1.23. The van der Waals surface area contributed by atoms with E-state index in [2.05, 4.69) is 11.3 Å². The first-order chi connectivity index (χ1) is 8.04. The average Bonchev–Trinajstić information content (AvgIpc) is 2.26. The zero-order valence-corrected chi connectivity index (χ0v) is 8.89. The van der Waals surface area contributed by atoms with Gasteiger partial charge >= 0.3 is 5.97 Å². The summed E-state index contributed by atoms with van der Waals surface area (Å²) in [6.45, 7) is 3.37. The molecule has 0 aliphatic rings. The summed E-state index contributed by atoms with van der Waals surface area (Å²) in [5, 5.41) is 10.6. The summed E-state index contributed by atoms with van der Waals surface area (Å²) in [5.74, 6) is -1.30. The third-order valence-corrected chi connectivity index (χ3v) is 1.94. The number of nitro groups is 1. The van der Waals surface area contributed by atoms with Crippen LogP contribution in [0.15, 0.2) is 30.9 Å². The van der Waals surface area contributed by atoms with E-state index in [1.807, 2.05) is 0 Å². The molecule has 0 aliphatic carbocycles. The van der Waals surface area contributed by atoms with Crippen molar-refractivity contribution in [1.82, 2.24) is 0 Å². The molecule has 0 unspecified atom stereocenters. The van der Waals surface area contributed by atoms with Crippen molar-refractivity contribution < 1.29 is 18.8 Å². The summed E-state index contributed by atoms with van der Waals surface area (Å²) in [7, 11) is 0. The fraction of sp³-hybridized carbons (Fsp3) is 0.182. The highest BCUT2D eigenvalue weighted by atomic mass is 19.1. The largest absolute Gasteiger partial charge is 0.461 e. The van der Waals surface area contributed by atoms with Crippen LogP contribution < -0.4 is 0 Å². The molecule has 0 aliphatic heterocycles. The molecule has 0 aromatic heterocycles. The number of nitrogens with zero attached hydrogens (tertiary/aromatic N) is 1. The quantitative estimate of drug-likeness (QED) is 0.341. The Morgan fingerprint density at radius 2 is 2.29 bits per heavy atom. The number of benzene rings is 1. The van der Waals surface area contributed by atoms with Gasteiger partial charge in [0, 0.05) is 11.6 Å². The van der Waals surface area contributed by atoms with Crippen LogP contribution in [0.1, 0.15) is 5.56 Å². The number of hydrogen-bond acceptors (Lipinski definition) is 4. The first kappa shape index (κ1) is 12.8. The second-order valence-electron chi connectivity index (χ2n) is 3.18. The molecule has 0 fully saturated rings. The highest BCUT2D eigenvalue weighted by Gasteiger charge is 2.17. The van der Waals surface area contributed by atoms with E-state index in [0.29, 0.717) is 0 Å². The van der Waals surface area contributed by atoms with E-state index in [-0.39, 0.29) is 24.3 Å². The van der Waals surface area contributed by atoms with E-state index in [9.17, 15) is 19.3 Å². The zero-order chi connectivity index (χ0) is 12.8. The molecular weight excluding hydrogens is 229 g/mol. The van der Waals surface area contributed by atoms with Crippen molar-refractivity contribution in [1.29, 1.82) is 0 Å². The smallest absolute Gasteiger partial charge is 0.310 e. The van der Waals surface area contributed by atoms with Crippen LogP contribution in [0.5, 0.6) is 0 Å². The van der Waals surface area contributed by atoms with Crippen LogP contribution in [0.2, 0.25) is 0 Å². The SMILES string of the molecule is C=CCOC(=O)Cc1cc(F)ccc1[N+](=O)[O-]. The Morgan fingerprint density at radius 1 is 1.59 bits per heavy atom. The van der Waals surface area contributed by atoms with Crippen molar-refractivity contribution in [3.63, 3.8) is 0 Å². The molecule has 0 saturated heterocycles. The molecule has 1 aromatic carbocycles. The molecule has 1 aromatic rings. The van der Waals surface area contributed by atoms with Crippen LogP contribution in [0.25, 0.3) is 0 Å².